The van der Waals surface area contributed by atoms with Gasteiger partial charge in [0.05, 0.1) is 0 Å². The predicted octanol–water partition coefficient (Wildman–Crippen LogP) is 2.68. The number of amides is 2. The van der Waals surface area contributed by atoms with Gasteiger partial charge in [-0.1, -0.05) is 24.3 Å². The van der Waals surface area contributed by atoms with Crippen LogP contribution in [0.25, 0.3) is 0 Å². The topological polar surface area (TPSA) is 82.9 Å². The summed E-state index contributed by atoms with van der Waals surface area (Å²) in [5, 5.41) is 8.50. The maximum Gasteiger partial charge on any atom is 0.240 e. The summed E-state index contributed by atoms with van der Waals surface area (Å²) in [6, 6.07) is 0. The Kier molecular flexibility index (Phi) is 5.00. The highest BCUT2D eigenvalue weighted by Gasteiger charge is 2.38. The summed E-state index contributed by atoms with van der Waals surface area (Å²) in [4.78, 5) is 23.7. The highest BCUT2D eigenvalue weighted by molar-refractivity contribution is 5.95. The summed E-state index contributed by atoms with van der Waals surface area (Å²) in [5.41, 5.74) is 7.54. The molecule has 0 unspecified atom stereocenters. The predicted molar refractivity (Wildman–Crippen MR) is 100 cm³/mol. The second kappa shape index (κ2) is 7.56. The molecule has 0 bridgehead atoms. The van der Waals surface area contributed by atoms with Gasteiger partial charge in [-0.15, -0.1) is 0 Å². The minimum absolute atomic E-state index is 0.0678. The smallest absolute Gasteiger partial charge is 0.240 e. The Labute approximate surface area is 153 Å². The van der Waals surface area contributed by atoms with Crippen LogP contribution in [0.5, 0.6) is 0 Å². The van der Waals surface area contributed by atoms with Crippen LogP contribution in [0.15, 0.2) is 34.5 Å². The lowest BCUT2D eigenvalue weighted by Gasteiger charge is -2.31. The van der Waals surface area contributed by atoms with Crippen LogP contribution in [-0.2, 0) is 9.59 Å². The van der Waals surface area contributed by atoms with Gasteiger partial charge in [-0.3, -0.25) is 9.59 Å². The molecule has 0 spiro atoms. The molecule has 0 saturated heterocycles. The summed E-state index contributed by atoms with van der Waals surface area (Å²) < 4.78 is 0. The lowest BCUT2D eigenvalue weighted by atomic mass is 9.74. The van der Waals surface area contributed by atoms with Crippen molar-refractivity contribution in [3.63, 3.8) is 0 Å². The standard InChI is InChI=1S/C20H26N4O2/c25-19(23-21-17-11-13-5-3-7-15(13)17)9-1-2-10-20(26)24-22-18-12-14-6-4-8-16(14)18/h3-6,13-16H,1-2,7-12H2,(H,23,25)(H,24,26)/b21-17-,22-18+/t13-,14+,15-,16-/m0/s1. The van der Waals surface area contributed by atoms with E-state index < -0.39 is 0 Å². The third-order valence-corrected chi connectivity index (χ3v) is 6.03. The number of allylic oxidation sites excluding steroid dienone is 4. The van der Waals surface area contributed by atoms with E-state index in [4.69, 9.17) is 0 Å². The van der Waals surface area contributed by atoms with E-state index in [2.05, 4.69) is 45.4 Å². The number of fused-ring (bicyclic) bond motifs is 2. The van der Waals surface area contributed by atoms with Gasteiger partial charge in [-0.25, -0.2) is 10.9 Å². The van der Waals surface area contributed by atoms with Crippen LogP contribution in [0.2, 0.25) is 0 Å². The number of hydrogen-bond acceptors (Lipinski definition) is 4. The molecule has 0 aromatic rings. The Hall–Kier alpha value is -2.24. The molecular weight excluding hydrogens is 328 g/mol. The molecule has 4 rings (SSSR count). The van der Waals surface area contributed by atoms with Gasteiger partial charge in [0, 0.05) is 36.1 Å². The largest absolute Gasteiger partial charge is 0.273 e. The van der Waals surface area contributed by atoms with Crippen molar-refractivity contribution in [1.29, 1.82) is 0 Å². The van der Waals surface area contributed by atoms with Gasteiger partial charge in [0.15, 0.2) is 0 Å². The number of hydrazone groups is 2. The maximum atomic E-state index is 11.8. The zero-order chi connectivity index (χ0) is 17.9. The molecule has 0 aromatic heterocycles. The Morgan fingerprint density at radius 2 is 1.31 bits per heavy atom. The summed E-state index contributed by atoms with van der Waals surface area (Å²) in [7, 11) is 0. The van der Waals surface area contributed by atoms with Crippen LogP contribution in [0.3, 0.4) is 0 Å². The van der Waals surface area contributed by atoms with E-state index in [1.54, 1.807) is 0 Å². The normalized spacial score (nSPS) is 33.5. The molecule has 4 aliphatic rings. The van der Waals surface area contributed by atoms with E-state index in [-0.39, 0.29) is 11.8 Å². The first-order chi connectivity index (χ1) is 12.7. The van der Waals surface area contributed by atoms with E-state index in [0.717, 1.165) is 37.1 Å². The Bertz CT molecular complexity index is 647. The van der Waals surface area contributed by atoms with Crippen molar-refractivity contribution in [3.8, 4) is 0 Å². The highest BCUT2D eigenvalue weighted by Crippen LogP contribution is 2.40. The fourth-order valence-corrected chi connectivity index (χ4v) is 4.28. The van der Waals surface area contributed by atoms with Crippen molar-refractivity contribution < 1.29 is 9.59 Å². The maximum absolute atomic E-state index is 11.8. The molecule has 4 atom stereocenters. The fourth-order valence-electron chi connectivity index (χ4n) is 4.28. The quantitative estimate of drug-likeness (QED) is 0.419. The van der Waals surface area contributed by atoms with Crippen LogP contribution in [0, 0.1) is 23.7 Å². The van der Waals surface area contributed by atoms with Gasteiger partial charge in [-0.05, 0) is 50.4 Å². The fraction of sp³-hybridized carbons (Fsp3) is 0.600. The van der Waals surface area contributed by atoms with Crippen molar-refractivity contribution in [3.05, 3.63) is 24.3 Å². The molecule has 26 heavy (non-hydrogen) atoms. The first kappa shape index (κ1) is 17.2. The van der Waals surface area contributed by atoms with E-state index >= 15 is 0 Å². The van der Waals surface area contributed by atoms with Crippen molar-refractivity contribution in [2.75, 3.05) is 0 Å². The molecule has 6 heteroatoms. The lowest BCUT2D eigenvalue weighted by molar-refractivity contribution is -0.123. The Balaban J connectivity index is 1.06. The van der Waals surface area contributed by atoms with Crippen LogP contribution >= 0.6 is 0 Å². The van der Waals surface area contributed by atoms with E-state index in [1.807, 2.05) is 0 Å². The molecule has 0 radical (unpaired) electrons. The number of carbonyl (C=O) groups excluding carboxylic acids is 2. The third kappa shape index (κ3) is 3.64. The van der Waals surface area contributed by atoms with Gasteiger partial charge in [-0.2, -0.15) is 10.2 Å². The summed E-state index contributed by atoms with van der Waals surface area (Å²) in [6.45, 7) is 0. The summed E-state index contributed by atoms with van der Waals surface area (Å²) in [6.07, 6.45) is 15.1. The third-order valence-electron chi connectivity index (χ3n) is 6.03. The highest BCUT2D eigenvalue weighted by atomic mass is 16.2. The lowest BCUT2D eigenvalue weighted by Crippen LogP contribution is -2.35. The molecule has 0 heterocycles. The minimum atomic E-state index is -0.0678. The van der Waals surface area contributed by atoms with Crippen LogP contribution in [0.4, 0.5) is 0 Å². The average Bonchev–Trinajstić information content (AvgIpc) is 3.15. The molecule has 2 N–H and O–H groups in total. The van der Waals surface area contributed by atoms with E-state index in [0.29, 0.717) is 49.4 Å². The molecule has 0 aliphatic heterocycles. The monoisotopic (exact) mass is 354 g/mol. The Morgan fingerprint density at radius 1 is 0.846 bits per heavy atom. The van der Waals surface area contributed by atoms with Gasteiger partial charge in [0.25, 0.3) is 0 Å². The molecule has 138 valence electrons. The molecule has 0 aromatic carbocycles. The van der Waals surface area contributed by atoms with Crippen molar-refractivity contribution in [1.82, 2.24) is 10.9 Å². The second-order valence-corrected chi connectivity index (χ2v) is 7.76. The Morgan fingerprint density at radius 3 is 1.73 bits per heavy atom. The number of rotatable bonds is 7. The molecule has 6 nitrogen and oxygen atoms in total. The second-order valence-electron chi connectivity index (χ2n) is 7.76. The molecule has 2 amide bonds. The van der Waals surface area contributed by atoms with Crippen LogP contribution in [0.1, 0.15) is 51.4 Å². The molecule has 2 fully saturated rings. The molecule has 4 aliphatic carbocycles. The number of nitrogens with one attached hydrogen (secondary N) is 2. The number of unbranched alkanes of at least 4 members (excludes halogenated alkanes) is 1. The van der Waals surface area contributed by atoms with Crippen molar-refractivity contribution in [2.45, 2.75) is 51.4 Å². The van der Waals surface area contributed by atoms with Gasteiger partial charge < -0.3 is 0 Å². The molecular formula is C20H26N4O2. The van der Waals surface area contributed by atoms with Crippen molar-refractivity contribution in [2.24, 2.45) is 33.9 Å². The first-order valence-electron chi connectivity index (χ1n) is 9.74. The first-order valence-corrected chi connectivity index (χ1v) is 9.74. The minimum Gasteiger partial charge on any atom is -0.273 e. The van der Waals surface area contributed by atoms with Gasteiger partial charge in [0.1, 0.15) is 0 Å². The molecule has 2 saturated carbocycles. The van der Waals surface area contributed by atoms with Crippen LogP contribution in [-0.4, -0.2) is 23.2 Å². The summed E-state index contributed by atoms with van der Waals surface area (Å²) in [5.74, 6) is 2.19. The average molecular weight is 354 g/mol. The summed E-state index contributed by atoms with van der Waals surface area (Å²) >= 11 is 0. The van der Waals surface area contributed by atoms with Crippen molar-refractivity contribution >= 4 is 23.2 Å². The number of carbonyl (C=O) groups is 2. The zero-order valence-electron chi connectivity index (χ0n) is 15.0. The zero-order valence-corrected chi connectivity index (χ0v) is 15.0. The van der Waals surface area contributed by atoms with Crippen LogP contribution < -0.4 is 10.9 Å². The van der Waals surface area contributed by atoms with Gasteiger partial charge in [0.2, 0.25) is 11.8 Å². The number of hydrogen-bond donors (Lipinski definition) is 2. The van der Waals surface area contributed by atoms with Gasteiger partial charge >= 0.3 is 0 Å². The van der Waals surface area contributed by atoms with E-state index in [1.165, 1.54) is 0 Å². The van der Waals surface area contributed by atoms with E-state index in [9.17, 15) is 9.59 Å². The SMILES string of the molecule is O=C(CCCCC(=O)N/N=C1\C[C@H]2C=CC[C@H]12)N/N=C1/C[C@@H]2C=CC[C@H]12. The number of nitrogens with zero attached hydrogens (tertiary/aromatic N) is 2.